The molecule has 2 aromatic rings. The van der Waals surface area contributed by atoms with Crippen LogP contribution in [-0.4, -0.2) is 50.1 Å². The Bertz CT molecular complexity index is 804. The number of benzene rings is 2. The SMILES string of the molecule is CCN1CCN(c2ccccc2NC(=O)COc2ccc(C(C)(C)C)cc2)CC1. The lowest BCUT2D eigenvalue weighted by molar-refractivity contribution is -0.118. The molecule has 0 radical (unpaired) electrons. The summed E-state index contributed by atoms with van der Waals surface area (Å²) in [6.45, 7) is 13.8. The maximum absolute atomic E-state index is 12.5. The summed E-state index contributed by atoms with van der Waals surface area (Å²) in [6.07, 6.45) is 0. The number of ether oxygens (including phenoxy) is 1. The molecule has 1 N–H and O–H groups in total. The molecule has 0 atom stereocenters. The lowest BCUT2D eigenvalue weighted by atomic mass is 9.87. The summed E-state index contributed by atoms with van der Waals surface area (Å²) in [7, 11) is 0. The number of amides is 1. The first-order valence-electron chi connectivity index (χ1n) is 10.5. The zero-order chi connectivity index (χ0) is 20.9. The van der Waals surface area contributed by atoms with Crippen LogP contribution in [0.5, 0.6) is 5.75 Å². The second-order valence-electron chi connectivity index (χ2n) is 8.55. The zero-order valence-electron chi connectivity index (χ0n) is 18.1. The number of carbonyl (C=O) groups is 1. The van der Waals surface area contributed by atoms with Crippen molar-refractivity contribution in [1.29, 1.82) is 0 Å². The van der Waals surface area contributed by atoms with E-state index in [0.717, 1.165) is 44.1 Å². The summed E-state index contributed by atoms with van der Waals surface area (Å²) in [5.74, 6) is 0.557. The van der Waals surface area contributed by atoms with Gasteiger partial charge < -0.3 is 19.9 Å². The van der Waals surface area contributed by atoms with Crippen LogP contribution in [0, 0.1) is 0 Å². The first-order chi connectivity index (χ1) is 13.9. The van der Waals surface area contributed by atoms with Gasteiger partial charge in [0.25, 0.3) is 5.91 Å². The van der Waals surface area contributed by atoms with Gasteiger partial charge in [0.1, 0.15) is 5.75 Å². The molecule has 1 amide bonds. The zero-order valence-corrected chi connectivity index (χ0v) is 18.1. The number of likely N-dealkylation sites (N-methyl/N-ethyl adjacent to an activating group) is 1. The summed E-state index contributed by atoms with van der Waals surface area (Å²) in [5, 5.41) is 3.02. The number of anilines is 2. The van der Waals surface area contributed by atoms with Gasteiger partial charge in [-0.15, -0.1) is 0 Å². The molecule has 1 aliphatic heterocycles. The summed E-state index contributed by atoms with van der Waals surface area (Å²) >= 11 is 0. The van der Waals surface area contributed by atoms with E-state index in [9.17, 15) is 4.79 Å². The number of carbonyl (C=O) groups excluding carboxylic acids is 1. The van der Waals surface area contributed by atoms with Gasteiger partial charge in [0.2, 0.25) is 0 Å². The first kappa shape index (κ1) is 21.2. The minimum absolute atomic E-state index is 0.00713. The van der Waals surface area contributed by atoms with Crippen molar-refractivity contribution in [2.24, 2.45) is 0 Å². The molecule has 0 spiro atoms. The topological polar surface area (TPSA) is 44.8 Å². The summed E-state index contributed by atoms with van der Waals surface area (Å²) in [5.41, 5.74) is 3.26. The molecule has 0 bridgehead atoms. The Hall–Kier alpha value is -2.53. The van der Waals surface area contributed by atoms with Gasteiger partial charge in [-0.05, 0) is 41.8 Å². The van der Waals surface area contributed by atoms with E-state index in [2.05, 4.69) is 61.0 Å². The van der Waals surface area contributed by atoms with Crippen LogP contribution in [0.15, 0.2) is 48.5 Å². The van der Waals surface area contributed by atoms with E-state index in [1.165, 1.54) is 5.56 Å². The van der Waals surface area contributed by atoms with Gasteiger partial charge in [-0.1, -0.05) is 52.0 Å². The fourth-order valence-electron chi connectivity index (χ4n) is 3.55. The molecule has 0 unspecified atom stereocenters. The van der Waals surface area contributed by atoms with Gasteiger partial charge in [-0.3, -0.25) is 4.79 Å². The van der Waals surface area contributed by atoms with Crippen LogP contribution in [-0.2, 0) is 10.2 Å². The lowest BCUT2D eigenvalue weighted by Crippen LogP contribution is -2.46. The van der Waals surface area contributed by atoms with E-state index >= 15 is 0 Å². The van der Waals surface area contributed by atoms with Crippen LogP contribution in [0.25, 0.3) is 0 Å². The van der Waals surface area contributed by atoms with Gasteiger partial charge in [0.15, 0.2) is 6.61 Å². The molecule has 0 aromatic heterocycles. The Kier molecular flexibility index (Phi) is 6.80. The monoisotopic (exact) mass is 395 g/mol. The van der Waals surface area contributed by atoms with Crippen molar-refractivity contribution in [2.45, 2.75) is 33.1 Å². The van der Waals surface area contributed by atoms with E-state index in [1.807, 2.05) is 30.3 Å². The highest BCUT2D eigenvalue weighted by Crippen LogP contribution is 2.27. The molecule has 1 fully saturated rings. The highest BCUT2D eigenvalue weighted by molar-refractivity contribution is 5.95. The molecule has 1 saturated heterocycles. The Balaban J connectivity index is 1.57. The van der Waals surface area contributed by atoms with Gasteiger partial charge in [0.05, 0.1) is 11.4 Å². The molecule has 29 heavy (non-hydrogen) atoms. The van der Waals surface area contributed by atoms with E-state index < -0.39 is 0 Å². The van der Waals surface area contributed by atoms with Gasteiger partial charge in [0, 0.05) is 26.2 Å². The van der Waals surface area contributed by atoms with Crippen LogP contribution >= 0.6 is 0 Å². The quantitative estimate of drug-likeness (QED) is 0.798. The van der Waals surface area contributed by atoms with Crippen molar-refractivity contribution in [3.8, 4) is 5.75 Å². The Labute approximate surface area is 174 Å². The van der Waals surface area contributed by atoms with E-state index in [1.54, 1.807) is 0 Å². The third-order valence-electron chi connectivity index (χ3n) is 5.43. The van der Waals surface area contributed by atoms with E-state index in [4.69, 9.17) is 4.74 Å². The number of nitrogens with zero attached hydrogens (tertiary/aromatic N) is 2. The Morgan fingerprint density at radius 2 is 1.66 bits per heavy atom. The number of para-hydroxylation sites is 2. The minimum Gasteiger partial charge on any atom is -0.484 e. The maximum atomic E-state index is 12.5. The van der Waals surface area contributed by atoms with Crippen LogP contribution in [0.4, 0.5) is 11.4 Å². The average molecular weight is 396 g/mol. The van der Waals surface area contributed by atoms with Crippen LogP contribution in [0.1, 0.15) is 33.3 Å². The third kappa shape index (κ3) is 5.73. The number of nitrogens with one attached hydrogen (secondary N) is 1. The molecule has 3 rings (SSSR count). The highest BCUT2D eigenvalue weighted by atomic mass is 16.5. The molecule has 5 nitrogen and oxygen atoms in total. The van der Waals surface area contributed by atoms with Gasteiger partial charge in [-0.2, -0.15) is 0 Å². The number of rotatable bonds is 6. The van der Waals surface area contributed by atoms with Crippen molar-refractivity contribution in [3.63, 3.8) is 0 Å². The standard InChI is InChI=1S/C24H33N3O2/c1-5-26-14-16-27(17-15-26)22-9-7-6-8-21(22)25-23(28)18-29-20-12-10-19(11-13-20)24(2,3)4/h6-13H,5,14-18H2,1-4H3,(H,25,28). The highest BCUT2D eigenvalue weighted by Gasteiger charge is 2.19. The van der Waals surface area contributed by atoms with Crippen molar-refractivity contribution in [1.82, 2.24) is 4.90 Å². The number of piperazine rings is 1. The summed E-state index contributed by atoms with van der Waals surface area (Å²) in [6, 6.07) is 16.0. The predicted octanol–water partition coefficient (Wildman–Crippen LogP) is 4.14. The number of hydrogen-bond donors (Lipinski definition) is 1. The average Bonchev–Trinajstić information content (AvgIpc) is 2.72. The molecular formula is C24H33N3O2. The second-order valence-corrected chi connectivity index (χ2v) is 8.55. The van der Waals surface area contributed by atoms with Crippen LogP contribution in [0.2, 0.25) is 0 Å². The molecule has 2 aromatic carbocycles. The second kappa shape index (κ2) is 9.31. The summed E-state index contributed by atoms with van der Waals surface area (Å²) < 4.78 is 5.69. The molecular weight excluding hydrogens is 362 g/mol. The fraction of sp³-hybridized carbons (Fsp3) is 0.458. The van der Waals surface area contributed by atoms with Gasteiger partial charge >= 0.3 is 0 Å². The predicted molar refractivity (Wildman–Crippen MR) is 120 cm³/mol. The minimum atomic E-state index is -0.149. The third-order valence-corrected chi connectivity index (χ3v) is 5.43. The summed E-state index contributed by atoms with van der Waals surface area (Å²) in [4.78, 5) is 17.3. The first-order valence-corrected chi connectivity index (χ1v) is 10.5. The smallest absolute Gasteiger partial charge is 0.262 e. The number of hydrogen-bond acceptors (Lipinski definition) is 4. The van der Waals surface area contributed by atoms with Crippen LogP contribution < -0.4 is 15.0 Å². The fourth-order valence-corrected chi connectivity index (χ4v) is 3.55. The van der Waals surface area contributed by atoms with E-state index in [-0.39, 0.29) is 17.9 Å². The van der Waals surface area contributed by atoms with E-state index in [0.29, 0.717) is 5.75 Å². The molecule has 5 heteroatoms. The molecule has 0 saturated carbocycles. The Morgan fingerprint density at radius 3 is 2.28 bits per heavy atom. The van der Waals surface area contributed by atoms with Crippen molar-refractivity contribution < 1.29 is 9.53 Å². The van der Waals surface area contributed by atoms with Crippen molar-refractivity contribution in [3.05, 3.63) is 54.1 Å². The van der Waals surface area contributed by atoms with Crippen LogP contribution in [0.3, 0.4) is 0 Å². The maximum Gasteiger partial charge on any atom is 0.262 e. The lowest BCUT2D eigenvalue weighted by Gasteiger charge is -2.36. The van der Waals surface area contributed by atoms with Gasteiger partial charge in [-0.25, -0.2) is 0 Å². The normalized spacial score (nSPS) is 15.2. The Morgan fingerprint density at radius 1 is 1.00 bits per heavy atom. The van der Waals surface area contributed by atoms with Crippen molar-refractivity contribution in [2.75, 3.05) is 49.5 Å². The molecule has 1 aliphatic rings. The largest absolute Gasteiger partial charge is 0.484 e. The molecule has 0 aliphatic carbocycles. The molecule has 1 heterocycles. The van der Waals surface area contributed by atoms with Crippen molar-refractivity contribution >= 4 is 17.3 Å². The molecule has 156 valence electrons.